The summed E-state index contributed by atoms with van der Waals surface area (Å²) < 4.78 is 27.4. The summed E-state index contributed by atoms with van der Waals surface area (Å²) in [5.74, 6) is -1.22. The molecule has 0 aliphatic carbocycles. The van der Waals surface area contributed by atoms with E-state index in [0.717, 1.165) is 6.07 Å². The SMILES string of the molecule is O=[N+]([O-])c1cccc(CNc2ccc(F)cc2I)c1F. The van der Waals surface area contributed by atoms with E-state index >= 15 is 0 Å². The van der Waals surface area contributed by atoms with Crippen molar-refractivity contribution in [2.75, 3.05) is 5.32 Å². The maximum absolute atomic E-state index is 13.8. The van der Waals surface area contributed by atoms with Crippen LogP contribution in [0.3, 0.4) is 0 Å². The fraction of sp³-hybridized carbons (Fsp3) is 0.0769. The highest BCUT2D eigenvalue weighted by molar-refractivity contribution is 14.1. The molecule has 2 aromatic carbocycles. The topological polar surface area (TPSA) is 55.2 Å². The van der Waals surface area contributed by atoms with Crippen molar-refractivity contribution in [1.29, 1.82) is 0 Å². The van der Waals surface area contributed by atoms with Gasteiger partial charge < -0.3 is 5.32 Å². The first kappa shape index (κ1) is 14.6. The van der Waals surface area contributed by atoms with Crippen LogP contribution in [0.15, 0.2) is 36.4 Å². The van der Waals surface area contributed by atoms with E-state index in [1.54, 1.807) is 0 Å². The molecule has 2 rings (SSSR count). The molecule has 0 unspecified atom stereocenters. The van der Waals surface area contributed by atoms with Crippen LogP contribution >= 0.6 is 22.6 Å². The van der Waals surface area contributed by atoms with Gasteiger partial charge in [-0.15, -0.1) is 0 Å². The Kier molecular flexibility index (Phi) is 4.48. The van der Waals surface area contributed by atoms with Crippen LogP contribution in [0.5, 0.6) is 0 Å². The molecule has 0 saturated heterocycles. The molecule has 2 aromatic rings. The summed E-state index contributed by atoms with van der Waals surface area (Å²) in [7, 11) is 0. The predicted octanol–water partition coefficient (Wildman–Crippen LogP) is 4.09. The van der Waals surface area contributed by atoms with E-state index in [9.17, 15) is 18.9 Å². The molecule has 1 N–H and O–H groups in total. The number of hydrogen-bond donors (Lipinski definition) is 1. The number of halogens is 3. The van der Waals surface area contributed by atoms with Gasteiger partial charge in [0.25, 0.3) is 0 Å². The van der Waals surface area contributed by atoms with Crippen LogP contribution in [-0.2, 0) is 6.54 Å². The zero-order valence-electron chi connectivity index (χ0n) is 10.1. The first-order valence-corrected chi connectivity index (χ1v) is 6.67. The van der Waals surface area contributed by atoms with Gasteiger partial charge in [-0.05, 0) is 40.8 Å². The van der Waals surface area contributed by atoms with Gasteiger partial charge in [0.05, 0.1) is 4.92 Å². The van der Waals surface area contributed by atoms with Crippen LogP contribution in [-0.4, -0.2) is 4.92 Å². The van der Waals surface area contributed by atoms with Crippen LogP contribution in [0.2, 0.25) is 0 Å². The molecule has 4 nitrogen and oxygen atoms in total. The van der Waals surface area contributed by atoms with Crippen LogP contribution in [0, 0.1) is 25.3 Å². The number of nitro benzene ring substituents is 1. The average molecular weight is 390 g/mol. The second-order valence-corrected chi connectivity index (χ2v) is 5.15. The Balaban J connectivity index is 2.19. The standard InChI is InChI=1S/C13H9F2IN2O2/c14-9-4-5-11(10(16)6-9)17-7-8-2-1-3-12(13(8)15)18(19)20/h1-6,17H,7H2. The van der Waals surface area contributed by atoms with E-state index in [0.29, 0.717) is 9.26 Å². The molecule has 0 heterocycles. The summed E-state index contributed by atoms with van der Waals surface area (Å²) in [6.45, 7) is 0.0785. The van der Waals surface area contributed by atoms with Gasteiger partial charge in [-0.25, -0.2) is 4.39 Å². The minimum atomic E-state index is -0.859. The highest BCUT2D eigenvalue weighted by Gasteiger charge is 2.16. The Morgan fingerprint density at radius 3 is 2.65 bits per heavy atom. The Morgan fingerprint density at radius 2 is 2.00 bits per heavy atom. The third kappa shape index (κ3) is 3.21. The summed E-state index contributed by atoms with van der Waals surface area (Å²) in [5.41, 5.74) is 0.260. The summed E-state index contributed by atoms with van der Waals surface area (Å²) >= 11 is 1.95. The second-order valence-electron chi connectivity index (χ2n) is 3.99. The van der Waals surface area contributed by atoms with Gasteiger partial charge in [-0.1, -0.05) is 12.1 Å². The van der Waals surface area contributed by atoms with E-state index in [4.69, 9.17) is 0 Å². The molecular weight excluding hydrogens is 381 g/mol. The third-order valence-electron chi connectivity index (χ3n) is 2.66. The van der Waals surface area contributed by atoms with Crippen molar-refractivity contribution >= 4 is 34.0 Å². The Morgan fingerprint density at radius 1 is 1.25 bits per heavy atom. The first-order chi connectivity index (χ1) is 9.49. The molecule has 0 atom stereocenters. The fourth-order valence-electron chi connectivity index (χ4n) is 1.67. The molecular formula is C13H9F2IN2O2. The predicted molar refractivity (Wildman–Crippen MR) is 79.5 cm³/mol. The number of nitro groups is 1. The number of nitrogens with zero attached hydrogens (tertiary/aromatic N) is 1. The highest BCUT2D eigenvalue weighted by Crippen LogP contribution is 2.23. The van der Waals surface area contributed by atoms with Crippen molar-refractivity contribution in [2.45, 2.75) is 6.54 Å². The molecule has 0 fully saturated rings. The number of rotatable bonds is 4. The Labute approximate surface area is 127 Å². The van der Waals surface area contributed by atoms with Crippen molar-refractivity contribution < 1.29 is 13.7 Å². The lowest BCUT2D eigenvalue weighted by molar-refractivity contribution is -0.387. The zero-order valence-corrected chi connectivity index (χ0v) is 12.2. The minimum Gasteiger partial charge on any atom is -0.380 e. The summed E-state index contributed by atoms with van der Waals surface area (Å²) in [4.78, 5) is 9.88. The summed E-state index contributed by atoms with van der Waals surface area (Å²) in [5, 5.41) is 13.6. The van der Waals surface area contributed by atoms with E-state index in [-0.39, 0.29) is 17.9 Å². The normalized spacial score (nSPS) is 10.3. The molecule has 0 radical (unpaired) electrons. The van der Waals surface area contributed by atoms with Crippen LogP contribution in [0.25, 0.3) is 0 Å². The molecule has 0 amide bonds. The summed E-state index contributed by atoms with van der Waals surface area (Å²) in [6.07, 6.45) is 0. The number of nitrogens with one attached hydrogen (secondary N) is 1. The van der Waals surface area contributed by atoms with E-state index < -0.39 is 16.4 Å². The maximum Gasteiger partial charge on any atom is 0.305 e. The van der Waals surface area contributed by atoms with Gasteiger partial charge in [0.15, 0.2) is 0 Å². The Bertz CT molecular complexity index is 665. The maximum atomic E-state index is 13.8. The minimum absolute atomic E-state index is 0.0785. The molecule has 7 heteroatoms. The monoisotopic (exact) mass is 390 g/mol. The Hall–Kier alpha value is -1.77. The van der Waals surface area contributed by atoms with Crippen molar-refractivity contribution in [2.24, 2.45) is 0 Å². The molecule has 0 spiro atoms. The largest absolute Gasteiger partial charge is 0.380 e. The zero-order chi connectivity index (χ0) is 14.7. The fourth-order valence-corrected chi connectivity index (χ4v) is 2.34. The molecule has 0 bridgehead atoms. The third-order valence-corrected chi connectivity index (χ3v) is 3.55. The molecule has 0 aliphatic rings. The van der Waals surface area contributed by atoms with Gasteiger partial charge in [-0.3, -0.25) is 10.1 Å². The van der Waals surface area contributed by atoms with E-state index in [2.05, 4.69) is 5.32 Å². The van der Waals surface area contributed by atoms with Gasteiger partial charge in [0, 0.05) is 27.4 Å². The lowest BCUT2D eigenvalue weighted by Gasteiger charge is -2.09. The van der Waals surface area contributed by atoms with Gasteiger partial charge in [0.2, 0.25) is 5.82 Å². The second kappa shape index (κ2) is 6.12. The quantitative estimate of drug-likeness (QED) is 0.486. The average Bonchev–Trinajstić information content (AvgIpc) is 2.39. The van der Waals surface area contributed by atoms with Crippen LogP contribution < -0.4 is 5.32 Å². The van der Waals surface area contributed by atoms with Gasteiger partial charge in [0.1, 0.15) is 5.82 Å². The molecule has 0 aromatic heterocycles. The molecule has 0 aliphatic heterocycles. The number of benzene rings is 2. The molecule has 0 saturated carbocycles. The van der Waals surface area contributed by atoms with Crippen molar-refractivity contribution in [3.05, 3.63) is 67.3 Å². The van der Waals surface area contributed by atoms with Crippen molar-refractivity contribution in [1.82, 2.24) is 0 Å². The summed E-state index contributed by atoms with van der Waals surface area (Å²) in [6, 6.07) is 8.16. The number of hydrogen-bond acceptors (Lipinski definition) is 3. The highest BCUT2D eigenvalue weighted by atomic mass is 127. The van der Waals surface area contributed by atoms with Gasteiger partial charge in [-0.2, -0.15) is 4.39 Å². The lowest BCUT2D eigenvalue weighted by Crippen LogP contribution is -2.05. The lowest BCUT2D eigenvalue weighted by atomic mass is 10.2. The first-order valence-electron chi connectivity index (χ1n) is 5.59. The van der Waals surface area contributed by atoms with Crippen molar-refractivity contribution in [3.8, 4) is 0 Å². The van der Waals surface area contributed by atoms with Gasteiger partial charge >= 0.3 is 5.69 Å². The van der Waals surface area contributed by atoms with E-state index in [1.807, 2.05) is 22.6 Å². The van der Waals surface area contributed by atoms with Crippen molar-refractivity contribution in [3.63, 3.8) is 0 Å². The van der Waals surface area contributed by atoms with Crippen LogP contribution in [0.4, 0.5) is 20.2 Å². The molecule has 20 heavy (non-hydrogen) atoms. The smallest absolute Gasteiger partial charge is 0.305 e. The number of anilines is 1. The van der Waals surface area contributed by atoms with Crippen LogP contribution in [0.1, 0.15) is 5.56 Å². The van der Waals surface area contributed by atoms with E-state index in [1.165, 1.54) is 30.3 Å². The molecule has 104 valence electrons.